The van der Waals surface area contributed by atoms with Gasteiger partial charge in [0.25, 0.3) is 5.70 Å². The van der Waals surface area contributed by atoms with Crippen molar-refractivity contribution in [2.24, 2.45) is 5.92 Å². The number of hydrogen-bond acceptors (Lipinski definition) is 2. The molecule has 5 heteroatoms. The Morgan fingerprint density at radius 3 is 2.55 bits per heavy atom. The van der Waals surface area contributed by atoms with Crippen LogP contribution in [0.25, 0.3) is 38.0 Å². The number of carboxylic acid groups (broad SMARTS) is 1. The number of hydrogen-bond donors (Lipinski definition) is 1. The van der Waals surface area contributed by atoms with Gasteiger partial charge in [-0.3, -0.25) is 4.79 Å². The Labute approximate surface area is 185 Å². The first-order valence-electron chi connectivity index (χ1n) is 10.1. The summed E-state index contributed by atoms with van der Waals surface area (Å²) in [5.74, 6) is -0.584. The summed E-state index contributed by atoms with van der Waals surface area (Å²) >= 11 is 1.48. The van der Waals surface area contributed by atoms with Gasteiger partial charge < -0.3 is 9.67 Å². The minimum Gasteiger partial charge on any atom is -0.486 e. The molecule has 0 saturated carbocycles. The molecule has 0 amide bonds. The van der Waals surface area contributed by atoms with E-state index in [-0.39, 0.29) is 5.70 Å². The summed E-state index contributed by atoms with van der Waals surface area (Å²) < 4.78 is 2.20. The summed E-state index contributed by atoms with van der Waals surface area (Å²) in [6.45, 7) is 11.5. The van der Waals surface area contributed by atoms with Gasteiger partial charge in [-0.1, -0.05) is 44.2 Å². The molecule has 1 N–H and O–H groups in total. The third kappa shape index (κ3) is 4.30. The Morgan fingerprint density at radius 1 is 1.13 bits per heavy atom. The lowest BCUT2D eigenvalue weighted by atomic mass is 10.0. The van der Waals surface area contributed by atoms with Crippen molar-refractivity contribution in [1.29, 1.82) is 0 Å². The first kappa shape index (κ1) is 20.6. The molecule has 2 aromatic heterocycles. The summed E-state index contributed by atoms with van der Waals surface area (Å²) in [6.07, 6.45) is 4.62. The molecule has 0 fully saturated rings. The third-order valence-electron chi connectivity index (χ3n) is 5.08. The average Bonchev–Trinajstić information content (AvgIpc) is 3.36. The lowest BCUT2D eigenvalue weighted by Crippen LogP contribution is -1.96. The molecule has 0 bridgehead atoms. The molecule has 0 atom stereocenters. The molecule has 0 unspecified atom stereocenters. The predicted octanol–water partition coefficient (Wildman–Crippen LogP) is 6.90. The first-order chi connectivity index (χ1) is 15.0. The lowest BCUT2D eigenvalue weighted by Gasteiger charge is -2.08. The summed E-state index contributed by atoms with van der Waals surface area (Å²) in [6, 6.07) is 20.8. The minimum atomic E-state index is -1.21. The highest BCUT2D eigenvalue weighted by Gasteiger charge is 2.14. The molecular formula is C26H22N2O2S. The fourth-order valence-corrected chi connectivity index (χ4v) is 4.67. The van der Waals surface area contributed by atoms with Crippen molar-refractivity contribution in [1.82, 2.24) is 4.57 Å². The maximum Gasteiger partial charge on any atom is 0.333 e. The summed E-state index contributed by atoms with van der Waals surface area (Å²) in [5.41, 5.74) is 4.36. The lowest BCUT2D eigenvalue weighted by molar-refractivity contribution is -0.132. The van der Waals surface area contributed by atoms with E-state index in [9.17, 15) is 4.79 Å². The number of rotatable bonds is 6. The topological polar surface area (TPSA) is 46.6 Å². The van der Waals surface area contributed by atoms with Gasteiger partial charge >= 0.3 is 5.97 Å². The van der Waals surface area contributed by atoms with Crippen molar-refractivity contribution in [3.05, 3.63) is 94.4 Å². The Bertz CT molecular complexity index is 1320. The number of fused-ring (bicyclic) bond motifs is 1. The van der Waals surface area contributed by atoms with Gasteiger partial charge in [0, 0.05) is 32.6 Å². The Kier molecular flexibility index (Phi) is 5.75. The molecule has 154 valence electrons. The van der Waals surface area contributed by atoms with Crippen LogP contribution >= 0.6 is 11.3 Å². The normalized spacial score (nSPS) is 11.7. The zero-order valence-electron chi connectivity index (χ0n) is 17.4. The van der Waals surface area contributed by atoms with Crippen molar-refractivity contribution < 1.29 is 9.90 Å². The summed E-state index contributed by atoms with van der Waals surface area (Å²) in [5, 5.41) is 10.3. The highest BCUT2D eigenvalue weighted by atomic mass is 32.1. The second-order valence-electron chi connectivity index (χ2n) is 7.84. The van der Waals surface area contributed by atoms with Crippen LogP contribution in [-0.2, 0) is 11.2 Å². The number of thiophene rings is 1. The fourth-order valence-electron chi connectivity index (χ4n) is 3.71. The van der Waals surface area contributed by atoms with Crippen LogP contribution in [0.1, 0.15) is 24.3 Å². The molecule has 0 radical (unpaired) electrons. The molecule has 4 nitrogen and oxygen atoms in total. The van der Waals surface area contributed by atoms with E-state index in [4.69, 9.17) is 11.7 Å². The van der Waals surface area contributed by atoms with Crippen LogP contribution in [0.3, 0.4) is 0 Å². The molecule has 31 heavy (non-hydrogen) atoms. The Balaban J connectivity index is 1.76. The highest BCUT2D eigenvalue weighted by molar-refractivity contribution is 7.16. The molecule has 0 aliphatic heterocycles. The molecule has 2 aromatic carbocycles. The maximum absolute atomic E-state index is 11.1. The van der Waals surface area contributed by atoms with E-state index >= 15 is 0 Å². The van der Waals surface area contributed by atoms with Crippen LogP contribution in [0.15, 0.2) is 72.6 Å². The largest absolute Gasteiger partial charge is 0.486 e. The number of aliphatic carboxylic acids is 1. The van der Waals surface area contributed by atoms with E-state index in [1.807, 2.05) is 24.3 Å². The van der Waals surface area contributed by atoms with Crippen molar-refractivity contribution in [2.75, 3.05) is 0 Å². The SMILES string of the molecule is [C-]#[N+]/C(=C\c1ccc(-c2cn(-c3ccc(CC(C)C)cc3)c3ccccc23)s1)C(=O)O. The minimum absolute atomic E-state index is 0.280. The number of benzene rings is 2. The van der Waals surface area contributed by atoms with Crippen LogP contribution in [0.5, 0.6) is 0 Å². The number of carboxylic acids is 1. The van der Waals surface area contributed by atoms with Gasteiger partial charge in [0.1, 0.15) is 0 Å². The van der Waals surface area contributed by atoms with Gasteiger partial charge in [-0.15, -0.1) is 11.3 Å². The summed E-state index contributed by atoms with van der Waals surface area (Å²) in [7, 11) is 0. The monoisotopic (exact) mass is 426 g/mol. The van der Waals surface area contributed by atoms with Gasteiger partial charge in [0.15, 0.2) is 0 Å². The zero-order valence-corrected chi connectivity index (χ0v) is 18.2. The van der Waals surface area contributed by atoms with Crippen LogP contribution < -0.4 is 0 Å². The standard InChI is InChI=1S/C26H22N2O2S/c1-17(2)14-18-8-10-19(11-9-18)28-16-22(21-6-4-5-7-24(21)28)25-13-12-20(31-25)15-23(27-3)26(29)30/h4-13,15-17H,14H2,1-2H3,(H,29,30)/b23-15-. The van der Waals surface area contributed by atoms with Crippen LogP contribution in [0, 0.1) is 12.5 Å². The van der Waals surface area contributed by atoms with Crippen LogP contribution in [0.4, 0.5) is 0 Å². The highest BCUT2D eigenvalue weighted by Crippen LogP contribution is 2.37. The van der Waals surface area contributed by atoms with E-state index in [0.29, 0.717) is 5.92 Å². The van der Waals surface area contributed by atoms with Crippen molar-refractivity contribution in [2.45, 2.75) is 20.3 Å². The van der Waals surface area contributed by atoms with Crippen molar-refractivity contribution in [3.8, 4) is 16.1 Å². The Hall–Kier alpha value is -3.62. The van der Waals surface area contributed by atoms with Gasteiger partial charge in [0.2, 0.25) is 0 Å². The number of aromatic nitrogens is 1. The van der Waals surface area contributed by atoms with E-state index < -0.39 is 5.97 Å². The molecule has 0 saturated heterocycles. The van der Waals surface area contributed by atoms with Gasteiger partial charge in [-0.05, 0) is 54.3 Å². The number of para-hydroxylation sites is 1. The fraction of sp³-hybridized carbons (Fsp3) is 0.154. The molecule has 4 rings (SSSR count). The maximum atomic E-state index is 11.1. The summed E-state index contributed by atoms with van der Waals surface area (Å²) in [4.78, 5) is 16.0. The number of nitrogens with zero attached hydrogens (tertiary/aromatic N) is 2. The molecule has 4 aromatic rings. The average molecular weight is 427 g/mol. The van der Waals surface area contributed by atoms with Gasteiger partial charge in [0.05, 0.1) is 12.1 Å². The van der Waals surface area contributed by atoms with Crippen molar-refractivity contribution in [3.63, 3.8) is 0 Å². The predicted molar refractivity (Wildman–Crippen MR) is 127 cm³/mol. The smallest absolute Gasteiger partial charge is 0.333 e. The van der Waals surface area contributed by atoms with E-state index in [2.05, 4.69) is 65.9 Å². The van der Waals surface area contributed by atoms with E-state index in [1.165, 1.54) is 23.0 Å². The second-order valence-corrected chi connectivity index (χ2v) is 8.96. The second kappa shape index (κ2) is 8.63. The first-order valence-corrected chi connectivity index (χ1v) is 10.9. The van der Waals surface area contributed by atoms with Crippen molar-refractivity contribution >= 4 is 34.3 Å². The molecule has 0 spiro atoms. The molecule has 2 heterocycles. The zero-order chi connectivity index (χ0) is 22.0. The van der Waals surface area contributed by atoms with Crippen LogP contribution in [0.2, 0.25) is 0 Å². The quantitative estimate of drug-likeness (QED) is 0.269. The molecule has 0 aliphatic rings. The van der Waals surface area contributed by atoms with E-state index in [0.717, 1.165) is 38.3 Å². The Morgan fingerprint density at radius 2 is 1.87 bits per heavy atom. The molecule has 0 aliphatic carbocycles. The molecular weight excluding hydrogens is 404 g/mol. The van der Waals surface area contributed by atoms with Gasteiger partial charge in [-0.2, -0.15) is 0 Å². The van der Waals surface area contributed by atoms with Gasteiger partial charge in [-0.25, -0.2) is 4.85 Å². The number of carbonyl (C=O) groups is 1. The van der Waals surface area contributed by atoms with Crippen LogP contribution in [-0.4, -0.2) is 15.6 Å². The third-order valence-corrected chi connectivity index (χ3v) is 6.15. The van der Waals surface area contributed by atoms with E-state index in [1.54, 1.807) is 0 Å².